The minimum atomic E-state index is -1.00. The molecule has 8 heteroatoms. The molecule has 0 aliphatic rings. The predicted molar refractivity (Wildman–Crippen MR) is 106 cm³/mol. The van der Waals surface area contributed by atoms with Gasteiger partial charge in [0, 0.05) is 30.2 Å². The molecular weight excluding hydrogens is 370 g/mol. The molecule has 3 aromatic heterocycles. The van der Waals surface area contributed by atoms with Gasteiger partial charge in [-0.2, -0.15) is 9.78 Å². The van der Waals surface area contributed by atoms with Crippen molar-refractivity contribution >= 4 is 17.7 Å². The molecule has 0 unspecified atom stereocenters. The second-order valence-corrected chi connectivity index (χ2v) is 6.09. The molecule has 3 heterocycles. The highest BCUT2D eigenvalue weighted by molar-refractivity contribution is 6.04. The van der Waals surface area contributed by atoms with Crippen molar-refractivity contribution in [2.24, 2.45) is 0 Å². The van der Waals surface area contributed by atoms with Crippen molar-refractivity contribution in [2.45, 2.75) is 0 Å². The van der Waals surface area contributed by atoms with Crippen LogP contribution in [0.15, 0.2) is 79.3 Å². The number of benzene rings is 1. The summed E-state index contributed by atoms with van der Waals surface area (Å²) >= 11 is 0. The molecule has 0 fully saturated rings. The van der Waals surface area contributed by atoms with Gasteiger partial charge in [0.05, 0.1) is 16.8 Å². The maximum absolute atomic E-state index is 12.6. The number of nitrogens with one attached hydrogen (secondary N) is 1. The van der Waals surface area contributed by atoms with Gasteiger partial charge >= 0.3 is 5.97 Å². The van der Waals surface area contributed by atoms with E-state index in [1.807, 2.05) is 6.07 Å². The minimum Gasteiger partial charge on any atom is -0.478 e. The first-order chi connectivity index (χ1) is 14.1. The Bertz CT molecular complexity index is 1160. The van der Waals surface area contributed by atoms with Crippen molar-refractivity contribution in [1.82, 2.24) is 19.7 Å². The third-order valence-corrected chi connectivity index (χ3v) is 4.17. The summed E-state index contributed by atoms with van der Waals surface area (Å²) < 4.78 is 1.52. The number of hydrogen-bond acceptors (Lipinski definition) is 5. The van der Waals surface area contributed by atoms with Gasteiger partial charge in [0.2, 0.25) is 0 Å². The number of aromatic nitrogens is 4. The zero-order chi connectivity index (χ0) is 20.2. The third kappa shape index (κ3) is 3.86. The number of anilines is 1. The molecule has 2 N–H and O–H groups in total. The smallest absolute Gasteiger partial charge is 0.335 e. The number of carboxylic acids is 1. The van der Waals surface area contributed by atoms with Crippen LogP contribution in [0.5, 0.6) is 0 Å². The normalized spacial score (nSPS) is 10.5. The fraction of sp³-hybridized carbons (Fsp3) is 0. The van der Waals surface area contributed by atoms with Crippen molar-refractivity contribution in [3.8, 4) is 17.1 Å². The zero-order valence-corrected chi connectivity index (χ0v) is 15.1. The summed E-state index contributed by atoms with van der Waals surface area (Å²) in [5.74, 6) is -0.375. The van der Waals surface area contributed by atoms with E-state index in [9.17, 15) is 9.59 Å². The number of rotatable bonds is 5. The van der Waals surface area contributed by atoms with Crippen molar-refractivity contribution < 1.29 is 14.7 Å². The minimum absolute atomic E-state index is 0.183. The zero-order valence-electron chi connectivity index (χ0n) is 15.1. The summed E-state index contributed by atoms with van der Waals surface area (Å²) in [6, 6.07) is 16.8. The lowest BCUT2D eigenvalue weighted by atomic mass is 10.1. The molecule has 4 aromatic rings. The fourth-order valence-electron chi connectivity index (χ4n) is 2.73. The molecule has 0 bridgehead atoms. The second-order valence-electron chi connectivity index (χ2n) is 6.09. The molecule has 0 spiro atoms. The highest BCUT2D eigenvalue weighted by atomic mass is 16.4. The van der Waals surface area contributed by atoms with Gasteiger partial charge in [-0.05, 0) is 36.4 Å². The monoisotopic (exact) mass is 385 g/mol. The summed E-state index contributed by atoms with van der Waals surface area (Å²) in [5.41, 5.74) is 1.87. The van der Waals surface area contributed by atoms with E-state index in [0.717, 1.165) is 0 Å². The summed E-state index contributed by atoms with van der Waals surface area (Å²) in [6.45, 7) is 0. The van der Waals surface area contributed by atoms with Gasteiger partial charge in [-0.25, -0.2) is 9.78 Å². The molecule has 0 saturated heterocycles. The van der Waals surface area contributed by atoms with Crippen molar-refractivity contribution in [1.29, 1.82) is 0 Å². The SMILES string of the molecule is O=C(O)c1ccc(-c2cc(NC(=O)c3cccnc3)n(-c3ccccn3)n2)cc1. The molecule has 0 radical (unpaired) electrons. The van der Waals surface area contributed by atoms with Crippen LogP contribution in [0.25, 0.3) is 17.1 Å². The van der Waals surface area contributed by atoms with Crippen LogP contribution < -0.4 is 5.32 Å². The predicted octanol–water partition coefficient (Wildman–Crippen LogP) is 3.28. The Morgan fingerprint density at radius 1 is 0.931 bits per heavy atom. The first-order valence-electron chi connectivity index (χ1n) is 8.68. The molecule has 0 saturated carbocycles. The lowest BCUT2D eigenvalue weighted by molar-refractivity contribution is 0.0696. The van der Waals surface area contributed by atoms with Gasteiger partial charge < -0.3 is 10.4 Å². The summed E-state index contributed by atoms with van der Waals surface area (Å²) in [5, 5.41) is 16.5. The van der Waals surface area contributed by atoms with E-state index < -0.39 is 5.97 Å². The van der Waals surface area contributed by atoms with Crippen molar-refractivity contribution in [2.75, 3.05) is 5.32 Å². The van der Waals surface area contributed by atoms with Crippen LogP contribution in [-0.4, -0.2) is 36.7 Å². The number of carbonyl (C=O) groups is 2. The maximum atomic E-state index is 12.6. The second kappa shape index (κ2) is 7.73. The van der Waals surface area contributed by atoms with E-state index in [1.165, 1.54) is 23.0 Å². The first kappa shape index (κ1) is 18.1. The van der Waals surface area contributed by atoms with Crippen molar-refractivity contribution in [3.05, 3.63) is 90.4 Å². The Hall–Kier alpha value is -4.33. The van der Waals surface area contributed by atoms with Gasteiger partial charge in [0.1, 0.15) is 5.82 Å². The molecule has 142 valence electrons. The lowest BCUT2D eigenvalue weighted by Crippen LogP contribution is -2.15. The number of carbonyl (C=O) groups excluding carboxylic acids is 1. The van der Waals surface area contributed by atoms with Crippen LogP contribution in [0.2, 0.25) is 0 Å². The third-order valence-electron chi connectivity index (χ3n) is 4.17. The molecule has 1 amide bonds. The van der Waals surface area contributed by atoms with Gasteiger partial charge in [0.15, 0.2) is 5.82 Å². The van der Waals surface area contributed by atoms with E-state index in [2.05, 4.69) is 20.4 Å². The number of hydrogen-bond donors (Lipinski definition) is 2. The lowest BCUT2D eigenvalue weighted by Gasteiger charge is -2.07. The average molecular weight is 385 g/mol. The fourth-order valence-corrected chi connectivity index (χ4v) is 2.73. The van der Waals surface area contributed by atoms with E-state index in [1.54, 1.807) is 54.9 Å². The van der Waals surface area contributed by atoms with Gasteiger partial charge in [0.25, 0.3) is 5.91 Å². The molecule has 0 aliphatic carbocycles. The number of amides is 1. The van der Waals surface area contributed by atoms with Crippen LogP contribution in [-0.2, 0) is 0 Å². The molecule has 8 nitrogen and oxygen atoms in total. The Morgan fingerprint density at radius 2 is 1.76 bits per heavy atom. The molecule has 4 rings (SSSR count). The van der Waals surface area contributed by atoms with E-state index >= 15 is 0 Å². The van der Waals surface area contributed by atoms with Crippen LogP contribution in [0.3, 0.4) is 0 Å². The van der Waals surface area contributed by atoms with Gasteiger partial charge in [-0.3, -0.25) is 9.78 Å². The van der Waals surface area contributed by atoms with Crippen LogP contribution in [0, 0.1) is 0 Å². The average Bonchev–Trinajstić information content (AvgIpc) is 3.19. The van der Waals surface area contributed by atoms with Gasteiger partial charge in [-0.15, -0.1) is 0 Å². The molecule has 0 atom stereocenters. The quantitative estimate of drug-likeness (QED) is 0.546. The van der Waals surface area contributed by atoms with Gasteiger partial charge in [-0.1, -0.05) is 18.2 Å². The Labute approximate surface area is 165 Å². The van der Waals surface area contributed by atoms with E-state index in [-0.39, 0.29) is 11.5 Å². The molecule has 1 aromatic carbocycles. The number of carboxylic acid groups (broad SMARTS) is 1. The standard InChI is InChI=1S/C21H15N5O3/c27-20(16-4-3-10-22-13-16)24-19-12-17(14-6-8-15(9-7-14)21(28)29)25-26(19)18-5-1-2-11-23-18/h1-13H,(H,24,27)(H,28,29). The summed E-state index contributed by atoms with van der Waals surface area (Å²) in [4.78, 5) is 31.9. The first-order valence-corrected chi connectivity index (χ1v) is 8.68. The Kier molecular flexibility index (Phi) is 4.81. The largest absolute Gasteiger partial charge is 0.478 e. The van der Waals surface area contributed by atoms with Crippen LogP contribution >= 0.6 is 0 Å². The molecular formula is C21H15N5O3. The summed E-state index contributed by atoms with van der Waals surface area (Å²) in [6.07, 6.45) is 4.70. The molecule has 0 aliphatic heterocycles. The number of nitrogens with zero attached hydrogens (tertiary/aromatic N) is 4. The highest BCUT2D eigenvalue weighted by Gasteiger charge is 2.16. The van der Waals surface area contributed by atoms with E-state index in [0.29, 0.717) is 28.5 Å². The van der Waals surface area contributed by atoms with Crippen LogP contribution in [0.1, 0.15) is 20.7 Å². The van der Waals surface area contributed by atoms with Crippen molar-refractivity contribution in [3.63, 3.8) is 0 Å². The van der Waals surface area contributed by atoms with E-state index in [4.69, 9.17) is 5.11 Å². The van der Waals surface area contributed by atoms with Crippen LogP contribution in [0.4, 0.5) is 5.82 Å². The Balaban J connectivity index is 1.73. The maximum Gasteiger partial charge on any atom is 0.335 e. The number of pyridine rings is 2. The highest BCUT2D eigenvalue weighted by Crippen LogP contribution is 2.25. The topological polar surface area (TPSA) is 110 Å². The summed E-state index contributed by atoms with van der Waals surface area (Å²) in [7, 11) is 0. The number of aromatic carboxylic acids is 1. The Morgan fingerprint density at radius 3 is 2.41 bits per heavy atom. The molecule has 29 heavy (non-hydrogen) atoms.